The molecule has 0 aliphatic carbocycles. The highest BCUT2D eigenvalue weighted by molar-refractivity contribution is 5.81. The van der Waals surface area contributed by atoms with E-state index in [1.165, 1.54) is 6.26 Å². The first kappa shape index (κ1) is 11.7. The van der Waals surface area contributed by atoms with Crippen LogP contribution in [0, 0.1) is 0 Å². The van der Waals surface area contributed by atoms with Gasteiger partial charge >= 0.3 is 5.97 Å². The van der Waals surface area contributed by atoms with E-state index < -0.39 is 12.3 Å². The minimum atomic E-state index is -0.584. The second-order valence-corrected chi connectivity index (χ2v) is 2.12. The number of hydrogen-bond acceptors (Lipinski definition) is 4. The smallest absolute Gasteiger partial charge is 0.332 e. The maximum atomic E-state index is 10.6. The Morgan fingerprint density at radius 3 is 2.69 bits per heavy atom. The predicted octanol–water partition coefficient (Wildman–Crippen LogP) is 1.24. The van der Waals surface area contributed by atoms with Gasteiger partial charge in [0.15, 0.2) is 0 Å². The molecule has 0 aliphatic heterocycles. The van der Waals surface area contributed by atoms with Gasteiger partial charge in [0.1, 0.15) is 6.61 Å². The molecular weight excluding hydrogens is 172 g/mol. The molecule has 0 aliphatic rings. The van der Waals surface area contributed by atoms with Crippen LogP contribution >= 0.6 is 0 Å². The van der Waals surface area contributed by atoms with E-state index in [0.29, 0.717) is 13.2 Å². The molecule has 0 heterocycles. The molecule has 0 spiro atoms. The van der Waals surface area contributed by atoms with Crippen molar-refractivity contribution in [2.45, 2.75) is 13.2 Å². The average molecular weight is 186 g/mol. The Morgan fingerprint density at radius 1 is 1.46 bits per heavy atom. The Hall–Kier alpha value is -1.29. The van der Waals surface area contributed by atoms with Crippen LogP contribution in [0.3, 0.4) is 0 Å². The Labute approximate surface area is 77.8 Å². The van der Waals surface area contributed by atoms with Gasteiger partial charge in [0.05, 0.1) is 12.9 Å². The highest BCUT2D eigenvalue weighted by Gasteiger charge is 2.05. The summed E-state index contributed by atoms with van der Waals surface area (Å²) in [4.78, 5) is 10.6. The number of rotatable bonds is 7. The average Bonchev–Trinajstić information content (AvgIpc) is 2.12. The summed E-state index contributed by atoms with van der Waals surface area (Å²) in [6.07, 6.45) is 1.82. The van der Waals surface area contributed by atoms with Gasteiger partial charge in [0.2, 0.25) is 6.29 Å². The maximum Gasteiger partial charge on any atom is 0.332 e. The van der Waals surface area contributed by atoms with Gasteiger partial charge < -0.3 is 14.2 Å². The zero-order valence-corrected chi connectivity index (χ0v) is 7.69. The molecule has 0 fully saturated rings. The third-order valence-corrected chi connectivity index (χ3v) is 1.12. The van der Waals surface area contributed by atoms with E-state index in [0.717, 1.165) is 6.08 Å². The molecule has 0 saturated carbocycles. The second-order valence-electron chi connectivity index (χ2n) is 2.12. The predicted molar refractivity (Wildman–Crippen MR) is 47.9 cm³/mol. The largest absolute Gasteiger partial charge is 0.499 e. The zero-order chi connectivity index (χ0) is 10.1. The lowest BCUT2D eigenvalue weighted by Crippen LogP contribution is -2.18. The third-order valence-electron chi connectivity index (χ3n) is 1.12. The fourth-order valence-electron chi connectivity index (χ4n) is 0.591. The molecule has 0 radical (unpaired) electrons. The van der Waals surface area contributed by atoms with Crippen molar-refractivity contribution < 1.29 is 19.0 Å². The van der Waals surface area contributed by atoms with Gasteiger partial charge in [0.25, 0.3) is 0 Å². The molecule has 0 N–H and O–H groups in total. The van der Waals surface area contributed by atoms with Crippen molar-refractivity contribution in [3.8, 4) is 0 Å². The van der Waals surface area contributed by atoms with Gasteiger partial charge in [0, 0.05) is 6.08 Å². The molecule has 0 aromatic rings. The van der Waals surface area contributed by atoms with Crippen LogP contribution in [0.5, 0.6) is 0 Å². The standard InChI is InChI=1S/C9H14O4/c1-4-9(10)13-8(3)12-7-6-11-5-2/h4-5,8H,1-2,6-7H2,3H3. The molecular formula is C9H14O4. The molecule has 0 amide bonds. The summed E-state index contributed by atoms with van der Waals surface area (Å²) in [6.45, 7) is 8.97. The van der Waals surface area contributed by atoms with E-state index in [2.05, 4.69) is 13.2 Å². The number of ether oxygens (including phenoxy) is 3. The van der Waals surface area contributed by atoms with Crippen molar-refractivity contribution in [3.63, 3.8) is 0 Å². The molecule has 74 valence electrons. The third kappa shape index (κ3) is 7.08. The minimum Gasteiger partial charge on any atom is -0.499 e. The van der Waals surface area contributed by atoms with Crippen molar-refractivity contribution in [3.05, 3.63) is 25.5 Å². The van der Waals surface area contributed by atoms with E-state index >= 15 is 0 Å². The lowest BCUT2D eigenvalue weighted by atomic mass is 10.6. The van der Waals surface area contributed by atoms with Gasteiger partial charge in [-0.2, -0.15) is 0 Å². The van der Waals surface area contributed by atoms with Crippen LogP contribution in [0.25, 0.3) is 0 Å². The number of carbonyl (C=O) groups excluding carboxylic acids is 1. The van der Waals surface area contributed by atoms with E-state index in [4.69, 9.17) is 14.2 Å². The Morgan fingerprint density at radius 2 is 2.15 bits per heavy atom. The summed E-state index contributed by atoms with van der Waals surface area (Å²) < 4.78 is 14.6. The van der Waals surface area contributed by atoms with Crippen LogP contribution in [-0.4, -0.2) is 25.5 Å². The summed E-state index contributed by atoms with van der Waals surface area (Å²) in [7, 11) is 0. The molecule has 4 heteroatoms. The number of esters is 1. The summed E-state index contributed by atoms with van der Waals surface area (Å²) in [5.74, 6) is -0.503. The quantitative estimate of drug-likeness (QED) is 0.197. The summed E-state index contributed by atoms with van der Waals surface area (Å²) in [5.41, 5.74) is 0. The summed E-state index contributed by atoms with van der Waals surface area (Å²) >= 11 is 0. The summed E-state index contributed by atoms with van der Waals surface area (Å²) in [5, 5.41) is 0. The highest BCUT2D eigenvalue weighted by Crippen LogP contribution is 1.94. The van der Waals surface area contributed by atoms with E-state index in [1.54, 1.807) is 6.92 Å². The molecule has 0 rings (SSSR count). The number of hydrogen-bond donors (Lipinski definition) is 0. The minimum absolute atomic E-state index is 0.345. The Balaban J connectivity index is 3.39. The topological polar surface area (TPSA) is 44.8 Å². The molecule has 1 unspecified atom stereocenters. The van der Waals surface area contributed by atoms with E-state index in [9.17, 15) is 4.79 Å². The molecule has 0 bridgehead atoms. The second kappa shape index (κ2) is 7.36. The SMILES string of the molecule is C=COCCOC(C)OC(=O)C=C. The molecule has 1 atom stereocenters. The van der Waals surface area contributed by atoms with Gasteiger partial charge in [-0.3, -0.25) is 0 Å². The summed E-state index contributed by atoms with van der Waals surface area (Å²) in [6, 6.07) is 0. The van der Waals surface area contributed by atoms with Gasteiger partial charge in [-0.05, 0) is 6.92 Å². The van der Waals surface area contributed by atoms with Crippen LogP contribution in [0.4, 0.5) is 0 Å². The zero-order valence-electron chi connectivity index (χ0n) is 7.69. The lowest BCUT2D eigenvalue weighted by molar-refractivity contribution is -0.170. The first-order valence-electron chi connectivity index (χ1n) is 3.88. The molecule has 13 heavy (non-hydrogen) atoms. The Kier molecular flexibility index (Phi) is 6.63. The lowest BCUT2D eigenvalue weighted by Gasteiger charge is -2.12. The fraction of sp³-hybridized carbons (Fsp3) is 0.444. The van der Waals surface area contributed by atoms with Crippen LogP contribution in [0.2, 0.25) is 0 Å². The van der Waals surface area contributed by atoms with Crippen LogP contribution in [0.1, 0.15) is 6.92 Å². The van der Waals surface area contributed by atoms with Gasteiger partial charge in [-0.15, -0.1) is 0 Å². The van der Waals surface area contributed by atoms with Crippen LogP contribution in [-0.2, 0) is 19.0 Å². The van der Waals surface area contributed by atoms with E-state index in [1.807, 2.05) is 0 Å². The fourth-order valence-corrected chi connectivity index (χ4v) is 0.591. The van der Waals surface area contributed by atoms with Crippen molar-refractivity contribution in [1.29, 1.82) is 0 Å². The maximum absolute atomic E-state index is 10.6. The molecule has 0 saturated heterocycles. The number of carbonyl (C=O) groups is 1. The van der Waals surface area contributed by atoms with Crippen molar-refractivity contribution in [2.75, 3.05) is 13.2 Å². The van der Waals surface area contributed by atoms with Crippen molar-refractivity contribution in [1.82, 2.24) is 0 Å². The highest BCUT2D eigenvalue weighted by atomic mass is 16.7. The van der Waals surface area contributed by atoms with Gasteiger partial charge in [-0.25, -0.2) is 4.79 Å². The van der Waals surface area contributed by atoms with Crippen LogP contribution < -0.4 is 0 Å². The van der Waals surface area contributed by atoms with Crippen molar-refractivity contribution >= 4 is 5.97 Å². The van der Waals surface area contributed by atoms with Crippen molar-refractivity contribution in [2.24, 2.45) is 0 Å². The first-order valence-corrected chi connectivity index (χ1v) is 3.88. The molecule has 0 aromatic heterocycles. The van der Waals surface area contributed by atoms with Crippen LogP contribution in [0.15, 0.2) is 25.5 Å². The van der Waals surface area contributed by atoms with E-state index in [-0.39, 0.29) is 0 Å². The monoisotopic (exact) mass is 186 g/mol. The molecule has 4 nitrogen and oxygen atoms in total. The van der Waals surface area contributed by atoms with Gasteiger partial charge in [-0.1, -0.05) is 13.2 Å². The molecule has 0 aromatic carbocycles. The first-order chi connectivity index (χ1) is 6.20. The Bertz CT molecular complexity index is 176. The normalized spacial score (nSPS) is 11.5.